The van der Waals surface area contributed by atoms with Crippen LogP contribution in [-0.4, -0.2) is 4.57 Å². The molecular formula is C31H53N2+. The predicted molar refractivity (Wildman–Crippen MR) is 144 cm³/mol. The fourth-order valence-electron chi connectivity index (χ4n) is 4.96. The normalized spacial score (nSPS) is 11.3. The highest BCUT2D eigenvalue weighted by Crippen LogP contribution is 2.14. The largest absolute Gasteiger partial charge is 0.260 e. The van der Waals surface area contributed by atoms with Gasteiger partial charge in [-0.3, -0.25) is 0 Å². The van der Waals surface area contributed by atoms with Crippen molar-refractivity contribution >= 4 is 0 Å². The van der Waals surface area contributed by atoms with Crippen molar-refractivity contribution < 1.29 is 4.57 Å². The van der Waals surface area contributed by atoms with Gasteiger partial charge in [0.2, 0.25) is 0 Å². The Morgan fingerprint density at radius 2 is 1.12 bits per heavy atom. The van der Waals surface area contributed by atoms with Crippen LogP contribution in [0.15, 0.2) is 42.7 Å². The molecule has 1 aromatic carbocycles. The van der Waals surface area contributed by atoms with Gasteiger partial charge in [0.1, 0.15) is 12.4 Å². The van der Waals surface area contributed by atoms with Gasteiger partial charge in [-0.25, -0.2) is 9.13 Å². The Morgan fingerprint density at radius 3 is 1.64 bits per heavy atom. The van der Waals surface area contributed by atoms with Gasteiger partial charge in [-0.2, -0.15) is 0 Å². The molecule has 0 amide bonds. The van der Waals surface area contributed by atoms with Gasteiger partial charge >= 0.3 is 0 Å². The molecule has 2 nitrogen and oxygen atoms in total. The zero-order valence-corrected chi connectivity index (χ0v) is 22.1. The van der Waals surface area contributed by atoms with E-state index < -0.39 is 0 Å². The van der Waals surface area contributed by atoms with Crippen LogP contribution in [0.4, 0.5) is 0 Å². The highest BCUT2D eigenvalue weighted by Gasteiger charge is 2.16. The molecule has 0 fully saturated rings. The van der Waals surface area contributed by atoms with Gasteiger partial charge in [0.15, 0.2) is 0 Å². The van der Waals surface area contributed by atoms with Crippen molar-refractivity contribution in [2.24, 2.45) is 0 Å². The Balaban J connectivity index is 1.50. The van der Waals surface area contributed by atoms with Crippen LogP contribution in [0.3, 0.4) is 0 Å². The maximum Gasteiger partial charge on any atom is 0.260 e. The number of benzene rings is 1. The molecule has 0 saturated heterocycles. The van der Waals surface area contributed by atoms with Gasteiger partial charge in [-0.05, 0) is 24.8 Å². The molecule has 33 heavy (non-hydrogen) atoms. The smallest absolute Gasteiger partial charge is 0.234 e. The quantitative estimate of drug-likeness (QED) is 0.132. The first-order chi connectivity index (χ1) is 16.3. The fraction of sp³-hybridized carbons (Fsp3) is 0.710. The molecule has 0 N–H and O–H groups in total. The molecule has 0 unspecified atom stereocenters. The minimum atomic E-state index is 1.03. The second-order valence-electron chi connectivity index (χ2n) is 10.1. The number of aryl methyl sites for hydroxylation is 2. The zero-order valence-electron chi connectivity index (χ0n) is 22.1. The first-order valence-corrected chi connectivity index (χ1v) is 14.5. The minimum Gasteiger partial charge on any atom is -0.234 e. The van der Waals surface area contributed by atoms with Crippen molar-refractivity contribution in [2.45, 2.75) is 143 Å². The number of rotatable bonds is 21. The van der Waals surface area contributed by atoms with E-state index in [1.165, 1.54) is 121 Å². The maximum absolute atomic E-state index is 2.51. The standard InChI is InChI=1S/C31H53N2/c1-3-5-6-7-8-9-10-11-12-13-14-15-16-17-18-22-26-33-28-27-32(25-4-2)31(33)29-30-23-20-19-21-24-30/h19-21,23-24,27-28H,3-18,22,25-26,29H2,1-2H3/q+1. The summed E-state index contributed by atoms with van der Waals surface area (Å²) in [5.41, 5.74) is 1.41. The van der Waals surface area contributed by atoms with E-state index in [2.05, 4.69) is 65.7 Å². The fourth-order valence-corrected chi connectivity index (χ4v) is 4.96. The van der Waals surface area contributed by atoms with Crippen LogP contribution >= 0.6 is 0 Å². The molecule has 0 saturated carbocycles. The summed E-state index contributed by atoms with van der Waals surface area (Å²) in [6.45, 7) is 6.85. The van der Waals surface area contributed by atoms with E-state index in [-0.39, 0.29) is 0 Å². The van der Waals surface area contributed by atoms with Crippen molar-refractivity contribution in [3.63, 3.8) is 0 Å². The van der Waals surface area contributed by atoms with Crippen LogP contribution in [0.2, 0.25) is 0 Å². The summed E-state index contributed by atoms with van der Waals surface area (Å²) >= 11 is 0. The molecule has 0 bridgehead atoms. The summed E-state index contributed by atoms with van der Waals surface area (Å²) in [7, 11) is 0. The maximum atomic E-state index is 2.51. The monoisotopic (exact) mass is 453 g/mol. The van der Waals surface area contributed by atoms with Crippen molar-refractivity contribution in [3.05, 3.63) is 54.1 Å². The third kappa shape index (κ3) is 12.5. The van der Waals surface area contributed by atoms with Crippen LogP contribution in [0.1, 0.15) is 134 Å². The van der Waals surface area contributed by atoms with Crippen molar-refractivity contribution in [2.75, 3.05) is 0 Å². The lowest BCUT2D eigenvalue weighted by molar-refractivity contribution is -0.703. The second kappa shape index (κ2) is 18.8. The third-order valence-electron chi connectivity index (χ3n) is 7.01. The van der Waals surface area contributed by atoms with Crippen LogP contribution in [0, 0.1) is 0 Å². The van der Waals surface area contributed by atoms with E-state index in [4.69, 9.17) is 0 Å². The van der Waals surface area contributed by atoms with Crippen molar-refractivity contribution in [3.8, 4) is 0 Å². The first kappa shape index (κ1) is 27.7. The Morgan fingerprint density at radius 1 is 0.606 bits per heavy atom. The zero-order chi connectivity index (χ0) is 23.4. The Kier molecular flexibility index (Phi) is 15.8. The second-order valence-corrected chi connectivity index (χ2v) is 10.1. The molecule has 0 spiro atoms. The molecule has 2 aromatic rings. The number of hydrogen-bond donors (Lipinski definition) is 0. The van der Waals surface area contributed by atoms with Crippen molar-refractivity contribution in [1.29, 1.82) is 0 Å². The molecule has 0 aliphatic heterocycles. The summed E-state index contributed by atoms with van der Waals surface area (Å²) in [6.07, 6.45) is 29.7. The van der Waals surface area contributed by atoms with E-state index in [9.17, 15) is 0 Å². The van der Waals surface area contributed by atoms with Gasteiger partial charge in [-0.15, -0.1) is 0 Å². The third-order valence-corrected chi connectivity index (χ3v) is 7.01. The van der Waals surface area contributed by atoms with Gasteiger partial charge in [0, 0.05) is 0 Å². The Bertz CT molecular complexity index is 688. The van der Waals surface area contributed by atoms with E-state index in [0.29, 0.717) is 0 Å². The lowest BCUT2D eigenvalue weighted by atomic mass is 10.0. The highest BCUT2D eigenvalue weighted by atomic mass is 15.1. The number of imidazole rings is 1. The lowest BCUT2D eigenvalue weighted by Gasteiger charge is -2.06. The van der Waals surface area contributed by atoms with Crippen molar-refractivity contribution in [1.82, 2.24) is 4.57 Å². The summed E-state index contributed by atoms with van der Waals surface area (Å²) in [6, 6.07) is 10.9. The highest BCUT2D eigenvalue weighted by molar-refractivity contribution is 5.18. The van der Waals surface area contributed by atoms with E-state index in [1.54, 1.807) is 0 Å². The van der Waals surface area contributed by atoms with Gasteiger partial charge in [0.05, 0.1) is 19.5 Å². The molecule has 1 aromatic heterocycles. The van der Waals surface area contributed by atoms with Crippen LogP contribution in [-0.2, 0) is 19.5 Å². The summed E-state index contributed by atoms with van der Waals surface area (Å²) in [5.74, 6) is 1.46. The number of unbranched alkanes of at least 4 members (excludes halogenated alkanes) is 15. The molecule has 0 aliphatic rings. The topological polar surface area (TPSA) is 8.81 Å². The van der Waals surface area contributed by atoms with E-state index in [1.807, 2.05) is 0 Å². The van der Waals surface area contributed by atoms with Gasteiger partial charge in [0.25, 0.3) is 5.82 Å². The Labute approximate surface area is 205 Å². The van der Waals surface area contributed by atoms with E-state index >= 15 is 0 Å². The van der Waals surface area contributed by atoms with Gasteiger partial charge < -0.3 is 0 Å². The molecule has 2 rings (SSSR count). The molecule has 0 atom stereocenters. The predicted octanol–water partition coefficient (Wildman–Crippen LogP) is 9.04. The van der Waals surface area contributed by atoms with Crippen LogP contribution in [0.25, 0.3) is 0 Å². The average Bonchev–Trinajstić information content (AvgIpc) is 3.20. The summed E-state index contributed by atoms with van der Waals surface area (Å²) in [4.78, 5) is 0. The Hall–Kier alpha value is -1.57. The van der Waals surface area contributed by atoms with Crippen LogP contribution in [0.5, 0.6) is 0 Å². The number of nitrogens with zero attached hydrogens (tertiary/aromatic N) is 2. The molecule has 0 aliphatic carbocycles. The molecule has 2 heteroatoms. The van der Waals surface area contributed by atoms with E-state index in [0.717, 1.165) is 19.5 Å². The average molecular weight is 454 g/mol. The van der Waals surface area contributed by atoms with Gasteiger partial charge in [-0.1, -0.05) is 134 Å². The molecule has 186 valence electrons. The lowest BCUT2D eigenvalue weighted by Crippen LogP contribution is -2.37. The number of hydrogen-bond acceptors (Lipinski definition) is 0. The first-order valence-electron chi connectivity index (χ1n) is 14.5. The molecular weight excluding hydrogens is 400 g/mol. The minimum absolute atomic E-state index is 1.03. The van der Waals surface area contributed by atoms with Crippen LogP contribution < -0.4 is 4.57 Å². The SMILES string of the molecule is CCCCCCCCCCCCCCCCCC[n+]1ccn(CCC)c1Cc1ccccc1. The molecule has 0 radical (unpaired) electrons. The summed E-state index contributed by atoms with van der Waals surface area (Å²) < 4.78 is 4.96. The summed E-state index contributed by atoms with van der Waals surface area (Å²) in [5, 5.41) is 0. The number of aromatic nitrogens is 2. The molecule has 1 heterocycles.